The maximum atomic E-state index is 13.3. The van der Waals surface area contributed by atoms with Crippen LogP contribution in [0.1, 0.15) is 49.8 Å². The molecule has 4 rings (SSSR count). The molecule has 2 aliphatic rings. The molecule has 2 N–H and O–H groups in total. The number of nitrogens with zero attached hydrogens (tertiary/aromatic N) is 3. The maximum absolute atomic E-state index is 13.3. The van der Waals surface area contributed by atoms with Gasteiger partial charge in [-0.3, -0.25) is 14.5 Å². The molecule has 0 saturated heterocycles. The Kier molecular flexibility index (Phi) is 5.72. The molecule has 1 aliphatic carbocycles. The Morgan fingerprint density at radius 1 is 1.30 bits per heavy atom. The van der Waals surface area contributed by atoms with Crippen LogP contribution in [0.4, 0.5) is 0 Å². The number of likely N-dealkylation sites (N-methyl/N-ethyl adjacent to an activating group) is 1. The van der Waals surface area contributed by atoms with E-state index in [9.17, 15) is 9.59 Å². The lowest BCUT2D eigenvalue weighted by atomic mass is 9.86. The van der Waals surface area contributed by atoms with Crippen molar-refractivity contribution >= 4 is 23.2 Å². The molecule has 1 atom stereocenters. The minimum Gasteiger partial charge on any atom is -0.357 e. The van der Waals surface area contributed by atoms with Crippen LogP contribution in [0.5, 0.6) is 0 Å². The summed E-state index contributed by atoms with van der Waals surface area (Å²) in [5.74, 6) is 1.16. The van der Waals surface area contributed by atoms with Gasteiger partial charge in [0.25, 0.3) is 5.91 Å². The van der Waals surface area contributed by atoms with Gasteiger partial charge in [0.15, 0.2) is 5.69 Å². The van der Waals surface area contributed by atoms with Crippen molar-refractivity contribution in [2.45, 2.75) is 52.7 Å². The average Bonchev–Trinajstić information content (AvgIpc) is 3.20. The minimum absolute atomic E-state index is 0.197. The van der Waals surface area contributed by atoms with Gasteiger partial charge >= 0.3 is 0 Å². The number of hydrogen-bond acceptors (Lipinski definition) is 5. The SMILES string of the molecule is CNC(=O)[C@@H](NC(=O)c1nc(-c2ccsc2)n2c1CN(CC1CC1)CC2)C(C)(C)C. The molecule has 2 aromatic rings. The summed E-state index contributed by atoms with van der Waals surface area (Å²) in [6, 6.07) is 1.41. The number of amides is 2. The normalized spacial score (nSPS) is 18.0. The Balaban J connectivity index is 1.66. The smallest absolute Gasteiger partial charge is 0.272 e. The van der Waals surface area contributed by atoms with Crippen LogP contribution in [0.3, 0.4) is 0 Å². The third-order valence-corrected chi connectivity index (χ3v) is 6.63. The summed E-state index contributed by atoms with van der Waals surface area (Å²) in [5.41, 5.74) is 2.01. The van der Waals surface area contributed by atoms with Crippen LogP contribution >= 0.6 is 11.3 Å². The van der Waals surface area contributed by atoms with Crippen molar-refractivity contribution in [1.82, 2.24) is 25.1 Å². The van der Waals surface area contributed by atoms with Crippen molar-refractivity contribution in [2.24, 2.45) is 11.3 Å². The van der Waals surface area contributed by atoms with Gasteiger partial charge in [0.1, 0.15) is 11.9 Å². The zero-order chi connectivity index (χ0) is 21.5. The van der Waals surface area contributed by atoms with Gasteiger partial charge in [-0.05, 0) is 35.6 Å². The number of thiophene rings is 1. The second-order valence-corrected chi connectivity index (χ2v) is 10.2. The second kappa shape index (κ2) is 8.15. The topological polar surface area (TPSA) is 79.3 Å². The monoisotopic (exact) mass is 429 g/mol. The average molecular weight is 430 g/mol. The third-order valence-electron chi connectivity index (χ3n) is 5.94. The van der Waals surface area contributed by atoms with E-state index in [1.165, 1.54) is 12.8 Å². The van der Waals surface area contributed by atoms with E-state index in [1.807, 2.05) is 32.2 Å². The first kappa shape index (κ1) is 21.1. The number of aromatic nitrogens is 2. The molecule has 1 fully saturated rings. The van der Waals surface area contributed by atoms with Gasteiger partial charge in [-0.2, -0.15) is 11.3 Å². The van der Waals surface area contributed by atoms with Crippen LogP contribution in [0.15, 0.2) is 16.8 Å². The van der Waals surface area contributed by atoms with Crippen LogP contribution in [0.25, 0.3) is 11.4 Å². The molecule has 0 radical (unpaired) electrons. The summed E-state index contributed by atoms with van der Waals surface area (Å²) in [6.45, 7) is 9.45. The Labute approximate surface area is 181 Å². The maximum Gasteiger partial charge on any atom is 0.272 e. The fraction of sp³-hybridized carbons (Fsp3) is 0.591. The molecule has 7 nitrogen and oxygen atoms in total. The summed E-state index contributed by atoms with van der Waals surface area (Å²) in [5, 5.41) is 9.72. The standard InChI is InChI=1S/C22H31N5O2S/c1-22(2,3)18(21(29)23-4)25-20(28)17-16-12-26(11-14-5-6-14)8-9-27(16)19(24-17)15-7-10-30-13-15/h7,10,13-14,18H,5-6,8-9,11-12H2,1-4H3,(H,23,29)(H,25,28)/t18-/m1/s1. The van der Waals surface area contributed by atoms with E-state index in [0.29, 0.717) is 5.69 Å². The van der Waals surface area contributed by atoms with Crippen LogP contribution in [-0.2, 0) is 17.9 Å². The van der Waals surface area contributed by atoms with Gasteiger partial charge in [-0.25, -0.2) is 4.98 Å². The summed E-state index contributed by atoms with van der Waals surface area (Å²) < 4.78 is 2.19. The Bertz CT molecular complexity index is 924. The van der Waals surface area contributed by atoms with E-state index >= 15 is 0 Å². The molecule has 0 aromatic carbocycles. The van der Waals surface area contributed by atoms with Crippen molar-refractivity contribution in [3.63, 3.8) is 0 Å². The van der Waals surface area contributed by atoms with Gasteiger partial charge in [0, 0.05) is 44.2 Å². The number of hydrogen-bond donors (Lipinski definition) is 2. The Morgan fingerprint density at radius 2 is 2.07 bits per heavy atom. The number of rotatable bonds is 6. The predicted molar refractivity (Wildman–Crippen MR) is 118 cm³/mol. The lowest BCUT2D eigenvalue weighted by Gasteiger charge is -2.31. The molecule has 2 amide bonds. The predicted octanol–water partition coefficient (Wildman–Crippen LogP) is 2.73. The number of imidazole rings is 1. The van der Waals surface area contributed by atoms with Gasteiger partial charge in [0.2, 0.25) is 5.91 Å². The third kappa shape index (κ3) is 4.30. The zero-order valence-electron chi connectivity index (χ0n) is 18.2. The Hall–Kier alpha value is -2.19. The number of nitrogens with one attached hydrogen (secondary N) is 2. The van der Waals surface area contributed by atoms with Crippen LogP contribution < -0.4 is 10.6 Å². The van der Waals surface area contributed by atoms with Crippen molar-refractivity contribution < 1.29 is 9.59 Å². The molecule has 30 heavy (non-hydrogen) atoms. The number of carbonyl (C=O) groups excluding carboxylic acids is 2. The van der Waals surface area contributed by atoms with Gasteiger partial charge in [-0.1, -0.05) is 20.8 Å². The van der Waals surface area contributed by atoms with E-state index in [-0.39, 0.29) is 11.8 Å². The molecule has 8 heteroatoms. The van der Waals surface area contributed by atoms with Gasteiger partial charge < -0.3 is 15.2 Å². The highest BCUT2D eigenvalue weighted by Gasteiger charge is 2.35. The molecule has 162 valence electrons. The van der Waals surface area contributed by atoms with E-state index in [0.717, 1.165) is 49.2 Å². The van der Waals surface area contributed by atoms with Crippen LogP contribution in [0.2, 0.25) is 0 Å². The van der Waals surface area contributed by atoms with Gasteiger partial charge in [0.05, 0.1) is 5.69 Å². The van der Waals surface area contributed by atoms with E-state index < -0.39 is 11.5 Å². The van der Waals surface area contributed by atoms with Gasteiger partial charge in [-0.15, -0.1) is 0 Å². The lowest BCUT2D eigenvalue weighted by Crippen LogP contribution is -2.53. The molecule has 2 aromatic heterocycles. The molecular weight excluding hydrogens is 398 g/mol. The first-order chi connectivity index (χ1) is 14.3. The molecule has 1 aliphatic heterocycles. The second-order valence-electron chi connectivity index (χ2n) is 9.46. The van der Waals surface area contributed by atoms with E-state index in [4.69, 9.17) is 4.98 Å². The molecule has 0 unspecified atom stereocenters. The van der Waals surface area contributed by atoms with Crippen molar-refractivity contribution in [3.8, 4) is 11.4 Å². The van der Waals surface area contributed by atoms with Crippen molar-refractivity contribution in [2.75, 3.05) is 20.1 Å². The highest BCUT2D eigenvalue weighted by molar-refractivity contribution is 7.08. The van der Waals surface area contributed by atoms with E-state index in [1.54, 1.807) is 18.4 Å². The summed E-state index contributed by atoms with van der Waals surface area (Å²) >= 11 is 1.62. The summed E-state index contributed by atoms with van der Waals surface area (Å²) in [6.07, 6.45) is 2.62. The van der Waals surface area contributed by atoms with E-state index in [2.05, 4.69) is 25.5 Å². The highest BCUT2D eigenvalue weighted by atomic mass is 32.1. The number of fused-ring (bicyclic) bond motifs is 1. The largest absolute Gasteiger partial charge is 0.357 e. The molecule has 0 bridgehead atoms. The first-order valence-electron chi connectivity index (χ1n) is 10.6. The highest BCUT2D eigenvalue weighted by Crippen LogP contribution is 2.33. The van der Waals surface area contributed by atoms with Crippen molar-refractivity contribution in [1.29, 1.82) is 0 Å². The summed E-state index contributed by atoms with van der Waals surface area (Å²) in [4.78, 5) is 33.0. The number of carbonyl (C=O) groups is 2. The first-order valence-corrected chi connectivity index (χ1v) is 11.6. The minimum atomic E-state index is -0.636. The fourth-order valence-corrected chi connectivity index (χ4v) is 4.69. The quantitative estimate of drug-likeness (QED) is 0.740. The van der Waals surface area contributed by atoms with Crippen LogP contribution in [-0.4, -0.2) is 52.4 Å². The molecular formula is C22H31N5O2S. The zero-order valence-corrected chi connectivity index (χ0v) is 19.0. The van der Waals surface area contributed by atoms with Crippen molar-refractivity contribution in [3.05, 3.63) is 28.2 Å². The molecule has 0 spiro atoms. The molecule has 3 heterocycles. The fourth-order valence-electron chi connectivity index (χ4n) is 4.05. The Morgan fingerprint density at radius 3 is 2.67 bits per heavy atom. The summed E-state index contributed by atoms with van der Waals surface area (Å²) in [7, 11) is 1.59. The lowest BCUT2D eigenvalue weighted by molar-refractivity contribution is -0.124. The molecule has 1 saturated carbocycles. The van der Waals surface area contributed by atoms with Crippen LogP contribution in [0, 0.1) is 11.3 Å².